The Bertz CT molecular complexity index is 779. The Morgan fingerprint density at radius 1 is 1.29 bits per heavy atom. The highest BCUT2D eigenvalue weighted by molar-refractivity contribution is 7.92. The van der Waals surface area contributed by atoms with E-state index in [-0.39, 0.29) is 20.5 Å². The number of hydrogen-bond donors (Lipinski definition) is 2. The molecule has 0 aliphatic heterocycles. The first-order valence-corrected chi connectivity index (χ1v) is 8.12. The summed E-state index contributed by atoms with van der Waals surface area (Å²) < 4.78 is 27.3. The number of nitrogens with zero attached hydrogens (tertiary/aromatic N) is 1. The van der Waals surface area contributed by atoms with E-state index in [1.54, 1.807) is 19.2 Å². The first kappa shape index (κ1) is 16.0. The summed E-state index contributed by atoms with van der Waals surface area (Å²) in [5.41, 5.74) is 1.25. The van der Waals surface area contributed by atoms with E-state index < -0.39 is 16.6 Å². The average molecular weight is 347 g/mol. The van der Waals surface area contributed by atoms with Crippen molar-refractivity contribution in [2.75, 3.05) is 4.72 Å². The number of anilines is 1. The number of aliphatic hydroxyl groups is 1. The summed E-state index contributed by atoms with van der Waals surface area (Å²) in [5, 5.41) is 9.35. The summed E-state index contributed by atoms with van der Waals surface area (Å²) >= 11 is 11.9. The van der Waals surface area contributed by atoms with Crippen LogP contribution in [0.3, 0.4) is 0 Å². The Hall–Kier alpha value is -1.34. The van der Waals surface area contributed by atoms with Crippen molar-refractivity contribution in [2.24, 2.45) is 0 Å². The number of benzene rings is 1. The molecular weight excluding hydrogens is 335 g/mol. The summed E-state index contributed by atoms with van der Waals surface area (Å²) in [6, 6.07) is 4.22. The molecule has 0 aliphatic rings. The third-order valence-electron chi connectivity index (χ3n) is 2.86. The van der Waals surface area contributed by atoms with Crippen molar-refractivity contribution in [2.45, 2.75) is 18.4 Å². The van der Waals surface area contributed by atoms with Gasteiger partial charge in [-0.1, -0.05) is 23.2 Å². The number of pyridine rings is 1. The second-order valence-corrected chi connectivity index (χ2v) is 6.73. The van der Waals surface area contributed by atoms with Crippen LogP contribution in [-0.4, -0.2) is 18.5 Å². The molecule has 0 saturated carbocycles. The molecular formula is C13H12Cl2N2O3S. The van der Waals surface area contributed by atoms with Crippen molar-refractivity contribution in [1.29, 1.82) is 0 Å². The van der Waals surface area contributed by atoms with Gasteiger partial charge in [-0.25, -0.2) is 8.42 Å². The van der Waals surface area contributed by atoms with Gasteiger partial charge in [-0.05, 0) is 30.7 Å². The first-order valence-electron chi connectivity index (χ1n) is 5.88. The molecule has 2 rings (SSSR count). The molecule has 0 bridgehead atoms. The maximum atomic E-state index is 12.4. The standard InChI is InChI=1S/C13H12Cl2N2O3S/c1-8-6-16-5-4-11(8)17-21(19,20)12-3-2-10(14)9(7-18)13(12)15/h2-6,18H,7H2,1H3,(H,16,17). The predicted octanol–water partition coefficient (Wildman–Crippen LogP) is 2.99. The molecule has 0 saturated heterocycles. The molecule has 1 aromatic heterocycles. The molecule has 112 valence electrons. The fourth-order valence-electron chi connectivity index (χ4n) is 1.72. The van der Waals surface area contributed by atoms with Gasteiger partial charge in [-0.3, -0.25) is 9.71 Å². The number of rotatable bonds is 4. The van der Waals surface area contributed by atoms with Crippen molar-refractivity contribution in [3.63, 3.8) is 0 Å². The molecule has 0 unspecified atom stereocenters. The zero-order chi connectivity index (χ0) is 15.6. The Morgan fingerprint density at radius 2 is 2.00 bits per heavy atom. The summed E-state index contributed by atoms with van der Waals surface area (Å²) in [5.74, 6) is 0. The molecule has 0 radical (unpaired) electrons. The van der Waals surface area contributed by atoms with E-state index in [9.17, 15) is 13.5 Å². The van der Waals surface area contributed by atoms with E-state index >= 15 is 0 Å². The van der Waals surface area contributed by atoms with Crippen molar-refractivity contribution >= 4 is 38.9 Å². The largest absolute Gasteiger partial charge is 0.392 e. The minimum Gasteiger partial charge on any atom is -0.392 e. The van der Waals surface area contributed by atoms with Crippen molar-refractivity contribution in [3.8, 4) is 0 Å². The summed E-state index contributed by atoms with van der Waals surface area (Å²) in [4.78, 5) is 3.75. The van der Waals surface area contributed by atoms with Gasteiger partial charge in [0.2, 0.25) is 0 Å². The number of nitrogens with one attached hydrogen (secondary N) is 1. The van der Waals surface area contributed by atoms with E-state index in [2.05, 4.69) is 9.71 Å². The molecule has 1 aromatic carbocycles. The molecule has 2 N–H and O–H groups in total. The lowest BCUT2D eigenvalue weighted by Gasteiger charge is -2.13. The molecule has 0 aliphatic carbocycles. The minimum atomic E-state index is -3.90. The molecule has 0 atom stereocenters. The lowest BCUT2D eigenvalue weighted by molar-refractivity contribution is 0.282. The summed E-state index contributed by atoms with van der Waals surface area (Å²) in [6.07, 6.45) is 3.02. The van der Waals surface area contributed by atoms with Crippen LogP contribution in [0.25, 0.3) is 0 Å². The molecule has 1 heterocycles. The van der Waals surface area contributed by atoms with Crippen LogP contribution in [-0.2, 0) is 16.6 Å². The van der Waals surface area contributed by atoms with Crippen LogP contribution in [0, 0.1) is 6.92 Å². The maximum Gasteiger partial charge on any atom is 0.263 e. The van der Waals surface area contributed by atoms with Crippen molar-refractivity contribution in [3.05, 3.63) is 51.8 Å². The molecule has 0 fully saturated rings. The van der Waals surface area contributed by atoms with Crippen LogP contribution in [0.5, 0.6) is 0 Å². The van der Waals surface area contributed by atoms with Gasteiger partial charge in [0.25, 0.3) is 10.0 Å². The molecule has 0 amide bonds. The number of aliphatic hydroxyl groups excluding tert-OH is 1. The Morgan fingerprint density at radius 3 is 2.62 bits per heavy atom. The smallest absolute Gasteiger partial charge is 0.263 e. The van der Waals surface area contributed by atoms with E-state index in [1.165, 1.54) is 18.3 Å². The van der Waals surface area contributed by atoms with Crippen LogP contribution in [0.2, 0.25) is 10.0 Å². The maximum absolute atomic E-state index is 12.4. The molecule has 8 heteroatoms. The summed E-state index contributed by atoms with van der Waals surface area (Å²) in [6.45, 7) is 1.28. The Labute approximate surface area is 132 Å². The predicted molar refractivity (Wildman–Crippen MR) is 82.2 cm³/mol. The van der Waals surface area contributed by atoms with Crippen molar-refractivity contribution in [1.82, 2.24) is 4.98 Å². The molecule has 5 nitrogen and oxygen atoms in total. The van der Waals surface area contributed by atoms with Gasteiger partial charge in [0, 0.05) is 23.0 Å². The fraction of sp³-hybridized carbons (Fsp3) is 0.154. The number of sulfonamides is 1. The van der Waals surface area contributed by atoms with Crippen LogP contribution in [0.4, 0.5) is 5.69 Å². The topological polar surface area (TPSA) is 79.3 Å². The second-order valence-electron chi connectivity index (χ2n) is 4.29. The third-order valence-corrected chi connectivity index (χ3v) is 5.17. The second kappa shape index (κ2) is 6.19. The average Bonchev–Trinajstić information content (AvgIpc) is 2.41. The van der Waals surface area contributed by atoms with E-state index in [0.717, 1.165) is 0 Å². The van der Waals surface area contributed by atoms with Gasteiger partial charge in [-0.2, -0.15) is 0 Å². The van der Waals surface area contributed by atoms with Crippen LogP contribution in [0.15, 0.2) is 35.5 Å². The zero-order valence-electron chi connectivity index (χ0n) is 11.0. The Balaban J connectivity index is 2.48. The van der Waals surface area contributed by atoms with E-state index in [0.29, 0.717) is 11.3 Å². The van der Waals surface area contributed by atoms with Gasteiger partial charge in [0.1, 0.15) is 4.90 Å². The molecule has 0 spiro atoms. The fourth-order valence-corrected chi connectivity index (χ4v) is 3.75. The third kappa shape index (κ3) is 3.29. The van der Waals surface area contributed by atoms with Gasteiger partial charge >= 0.3 is 0 Å². The van der Waals surface area contributed by atoms with Gasteiger partial charge in [0.05, 0.1) is 17.3 Å². The first-order chi connectivity index (χ1) is 9.86. The monoisotopic (exact) mass is 346 g/mol. The van der Waals surface area contributed by atoms with Gasteiger partial charge in [0.15, 0.2) is 0 Å². The highest BCUT2D eigenvalue weighted by Crippen LogP contribution is 2.32. The molecule has 2 aromatic rings. The van der Waals surface area contributed by atoms with Crippen LogP contribution >= 0.6 is 23.2 Å². The highest BCUT2D eigenvalue weighted by atomic mass is 35.5. The number of hydrogen-bond acceptors (Lipinski definition) is 4. The van der Waals surface area contributed by atoms with E-state index in [1.807, 2.05) is 0 Å². The Kier molecular flexibility index (Phi) is 4.73. The van der Waals surface area contributed by atoms with Crippen LogP contribution in [0.1, 0.15) is 11.1 Å². The highest BCUT2D eigenvalue weighted by Gasteiger charge is 2.22. The van der Waals surface area contributed by atoms with Crippen molar-refractivity contribution < 1.29 is 13.5 Å². The number of aryl methyl sites for hydroxylation is 1. The molecule has 21 heavy (non-hydrogen) atoms. The van der Waals surface area contributed by atoms with Crippen LogP contribution < -0.4 is 4.72 Å². The lowest BCUT2D eigenvalue weighted by Crippen LogP contribution is -2.15. The zero-order valence-corrected chi connectivity index (χ0v) is 13.3. The van der Waals surface area contributed by atoms with Gasteiger partial charge in [-0.15, -0.1) is 0 Å². The SMILES string of the molecule is Cc1cnccc1NS(=O)(=O)c1ccc(Cl)c(CO)c1Cl. The summed E-state index contributed by atoms with van der Waals surface area (Å²) in [7, 11) is -3.90. The number of halogens is 2. The quantitative estimate of drug-likeness (QED) is 0.891. The normalized spacial score (nSPS) is 11.4. The lowest BCUT2D eigenvalue weighted by atomic mass is 10.2. The minimum absolute atomic E-state index is 0.0933. The van der Waals surface area contributed by atoms with Gasteiger partial charge < -0.3 is 5.11 Å². The van der Waals surface area contributed by atoms with E-state index in [4.69, 9.17) is 23.2 Å². The number of aromatic nitrogens is 1.